The predicted molar refractivity (Wildman–Crippen MR) is 89.2 cm³/mol. The van der Waals surface area contributed by atoms with E-state index in [4.69, 9.17) is 4.74 Å². The van der Waals surface area contributed by atoms with Gasteiger partial charge in [0.1, 0.15) is 5.75 Å². The van der Waals surface area contributed by atoms with Crippen molar-refractivity contribution >= 4 is 39.4 Å². The molecule has 0 atom stereocenters. The average Bonchev–Trinajstić information content (AvgIpc) is 2.86. The largest absolute Gasteiger partial charge is 0.483 e. The average molecular weight is 367 g/mol. The number of halogens is 1. The van der Waals surface area contributed by atoms with Crippen molar-refractivity contribution < 1.29 is 9.53 Å². The van der Waals surface area contributed by atoms with Crippen LogP contribution in [0.15, 0.2) is 39.2 Å². The van der Waals surface area contributed by atoms with E-state index in [0.29, 0.717) is 0 Å². The van der Waals surface area contributed by atoms with Crippen molar-refractivity contribution in [2.75, 3.05) is 6.61 Å². The molecule has 0 saturated carbocycles. The number of hydrogen-bond donors (Lipinski definition) is 1. The summed E-state index contributed by atoms with van der Waals surface area (Å²) in [4.78, 5) is 12.6. The van der Waals surface area contributed by atoms with E-state index >= 15 is 0 Å². The molecule has 0 bridgehead atoms. The lowest BCUT2D eigenvalue weighted by Gasteiger charge is -2.09. The lowest BCUT2D eigenvalue weighted by molar-refractivity contribution is -0.123. The molecule has 4 nitrogen and oxygen atoms in total. The first-order valence-electron chi connectivity index (χ1n) is 6.32. The molecule has 0 aliphatic rings. The summed E-state index contributed by atoms with van der Waals surface area (Å²) in [6.07, 6.45) is 1.60. The highest BCUT2D eigenvalue weighted by Gasteiger charge is 2.05. The van der Waals surface area contributed by atoms with Gasteiger partial charge in [-0.05, 0) is 59.1 Å². The molecule has 1 aromatic heterocycles. The van der Waals surface area contributed by atoms with E-state index in [1.807, 2.05) is 44.2 Å². The summed E-state index contributed by atoms with van der Waals surface area (Å²) in [6, 6.07) is 9.60. The van der Waals surface area contributed by atoms with Gasteiger partial charge in [-0.15, -0.1) is 11.3 Å². The number of hydrogen-bond acceptors (Lipinski definition) is 4. The van der Waals surface area contributed by atoms with E-state index in [1.54, 1.807) is 6.21 Å². The Kier molecular flexibility index (Phi) is 5.52. The maximum absolute atomic E-state index is 11.7. The molecule has 0 aliphatic carbocycles. The molecule has 0 saturated heterocycles. The standard InChI is InChI=1S/C15H15BrN2O2S/c1-10-4-3-5-13(11(10)2)20-9-15(19)18-17-8-12-6-7-14(16)21-12/h3-8H,9H2,1-2H3,(H,18,19)/b17-8-. The van der Waals surface area contributed by atoms with Crippen LogP contribution in [0.1, 0.15) is 16.0 Å². The minimum absolute atomic E-state index is 0.0598. The van der Waals surface area contributed by atoms with Gasteiger partial charge in [0.2, 0.25) is 0 Å². The fourth-order valence-electron chi connectivity index (χ4n) is 1.62. The van der Waals surface area contributed by atoms with Crippen LogP contribution in [0, 0.1) is 13.8 Å². The zero-order valence-electron chi connectivity index (χ0n) is 11.7. The molecule has 1 N–H and O–H groups in total. The first-order chi connectivity index (χ1) is 10.1. The molecule has 6 heteroatoms. The van der Waals surface area contributed by atoms with E-state index in [2.05, 4.69) is 26.5 Å². The number of carbonyl (C=O) groups excluding carboxylic acids is 1. The number of amides is 1. The molecule has 21 heavy (non-hydrogen) atoms. The van der Waals surface area contributed by atoms with Crippen molar-refractivity contribution in [1.82, 2.24) is 5.43 Å². The second-order valence-corrected chi connectivity index (χ2v) is 6.92. The Hall–Kier alpha value is -1.66. The highest BCUT2D eigenvalue weighted by molar-refractivity contribution is 9.11. The number of nitrogens with one attached hydrogen (secondary N) is 1. The molecule has 110 valence electrons. The van der Waals surface area contributed by atoms with Crippen molar-refractivity contribution in [3.05, 3.63) is 50.1 Å². The monoisotopic (exact) mass is 366 g/mol. The molecule has 1 aromatic carbocycles. The van der Waals surface area contributed by atoms with E-state index < -0.39 is 0 Å². The highest BCUT2D eigenvalue weighted by atomic mass is 79.9. The van der Waals surface area contributed by atoms with E-state index in [9.17, 15) is 4.79 Å². The molecule has 2 rings (SSSR count). The number of hydrazone groups is 1. The molecule has 1 heterocycles. The molecular formula is C15H15BrN2O2S. The number of aryl methyl sites for hydroxylation is 1. The summed E-state index contributed by atoms with van der Waals surface area (Å²) in [7, 11) is 0. The van der Waals surface area contributed by atoms with Crippen molar-refractivity contribution in [1.29, 1.82) is 0 Å². The highest BCUT2D eigenvalue weighted by Crippen LogP contribution is 2.21. The first kappa shape index (κ1) is 15.7. The van der Waals surface area contributed by atoms with Gasteiger partial charge in [-0.25, -0.2) is 5.43 Å². The molecule has 0 spiro atoms. The summed E-state index contributed by atoms with van der Waals surface area (Å²) in [5.41, 5.74) is 4.61. The van der Waals surface area contributed by atoms with Crippen LogP contribution in [0.25, 0.3) is 0 Å². The van der Waals surface area contributed by atoms with E-state index in [0.717, 1.165) is 25.5 Å². The van der Waals surface area contributed by atoms with Gasteiger partial charge in [-0.2, -0.15) is 5.10 Å². The Morgan fingerprint density at radius 2 is 2.19 bits per heavy atom. The summed E-state index contributed by atoms with van der Waals surface area (Å²) < 4.78 is 6.52. The van der Waals surface area contributed by atoms with Crippen LogP contribution in [0.2, 0.25) is 0 Å². The van der Waals surface area contributed by atoms with Gasteiger partial charge < -0.3 is 4.74 Å². The van der Waals surface area contributed by atoms with Crippen LogP contribution < -0.4 is 10.2 Å². The van der Waals surface area contributed by atoms with Crippen LogP contribution in [0.5, 0.6) is 5.75 Å². The van der Waals surface area contributed by atoms with Gasteiger partial charge in [0.05, 0.1) is 10.0 Å². The molecule has 1 amide bonds. The third-order valence-electron chi connectivity index (χ3n) is 2.89. The van der Waals surface area contributed by atoms with Crippen molar-refractivity contribution in [2.24, 2.45) is 5.10 Å². The normalized spacial score (nSPS) is 10.8. The molecule has 0 aliphatic heterocycles. The van der Waals surface area contributed by atoms with Gasteiger partial charge in [-0.1, -0.05) is 12.1 Å². The first-order valence-corrected chi connectivity index (χ1v) is 7.93. The molecule has 0 fully saturated rings. The van der Waals surface area contributed by atoms with Crippen LogP contribution in [0.4, 0.5) is 0 Å². The third kappa shape index (κ3) is 4.68. The Labute approximate surface area is 136 Å². The predicted octanol–water partition coefficient (Wildman–Crippen LogP) is 3.66. The zero-order valence-corrected chi connectivity index (χ0v) is 14.1. The third-order valence-corrected chi connectivity index (χ3v) is 4.45. The lowest BCUT2D eigenvalue weighted by atomic mass is 10.1. The van der Waals surface area contributed by atoms with Gasteiger partial charge in [-0.3, -0.25) is 4.79 Å². The summed E-state index contributed by atoms with van der Waals surface area (Å²) in [5.74, 6) is 0.430. The maximum Gasteiger partial charge on any atom is 0.277 e. The minimum atomic E-state index is -0.289. The molecular weight excluding hydrogens is 352 g/mol. The fourth-order valence-corrected chi connectivity index (χ4v) is 2.92. The van der Waals surface area contributed by atoms with Crippen molar-refractivity contribution in [3.63, 3.8) is 0 Å². The Morgan fingerprint density at radius 1 is 1.38 bits per heavy atom. The SMILES string of the molecule is Cc1cccc(OCC(=O)N/N=C\c2ccc(Br)s2)c1C. The summed E-state index contributed by atoms with van der Waals surface area (Å²) in [6.45, 7) is 3.91. The number of thiophene rings is 1. The number of nitrogens with zero attached hydrogens (tertiary/aromatic N) is 1. The van der Waals surface area contributed by atoms with Crippen LogP contribution in [-0.4, -0.2) is 18.7 Å². The molecule has 0 unspecified atom stereocenters. The van der Waals surface area contributed by atoms with Gasteiger partial charge in [0.15, 0.2) is 6.61 Å². The number of ether oxygens (including phenoxy) is 1. The fraction of sp³-hybridized carbons (Fsp3) is 0.200. The maximum atomic E-state index is 11.7. The molecule has 2 aromatic rings. The van der Waals surface area contributed by atoms with Crippen molar-refractivity contribution in [2.45, 2.75) is 13.8 Å². The minimum Gasteiger partial charge on any atom is -0.483 e. The second kappa shape index (κ2) is 7.38. The Bertz CT molecular complexity index is 667. The lowest BCUT2D eigenvalue weighted by Crippen LogP contribution is -2.24. The quantitative estimate of drug-likeness (QED) is 0.648. The molecule has 0 radical (unpaired) electrons. The summed E-state index contributed by atoms with van der Waals surface area (Å²) >= 11 is 4.90. The van der Waals surface area contributed by atoms with Crippen LogP contribution in [0.3, 0.4) is 0 Å². The number of rotatable bonds is 5. The van der Waals surface area contributed by atoms with Crippen LogP contribution in [-0.2, 0) is 4.79 Å². The van der Waals surface area contributed by atoms with Gasteiger partial charge in [0.25, 0.3) is 5.91 Å². The van der Waals surface area contributed by atoms with Gasteiger partial charge in [0, 0.05) is 4.88 Å². The van der Waals surface area contributed by atoms with E-state index in [1.165, 1.54) is 11.3 Å². The van der Waals surface area contributed by atoms with Crippen LogP contribution >= 0.6 is 27.3 Å². The van der Waals surface area contributed by atoms with E-state index in [-0.39, 0.29) is 12.5 Å². The number of benzene rings is 1. The van der Waals surface area contributed by atoms with Gasteiger partial charge >= 0.3 is 0 Å². The topological polar surface area (TPSA) is 50.7 Å². The number of carbonyl (C=O) groups is 1. The Morgan fingerprint density at radius 3 is 2.90 bits per heavy atom. The smallest absolute Gasteiger partial charge is 0.277 e. The second-order valence-electron chi connectivity index (χ2n) is 4.42. The zero-order chi connectivity index (χ0) is 15.2. The Balaban J connectivity index is 1.82. The van der Waals surface area contributed by atoms with Crippen molar-refractivity contribution in [3.8, 4) is 5.75 Å². The summed E-state index contributed by atoms with van der Waals surface area (Å²) in [5, 5.41) is 3.89.